The van der Waals surface area contributed by atoms with Crippen LogP contribution in [0.15, 0.2) is 42.5 Å². The molecule has 0 aliphatic carbocycles. The predicted octanol–water partition coefficient (Wildman–Crippen LogP) is 3.15. The second-order valence-corrected chi connectivity index (χ2v) is 6.33. The number of nitrogens with one attached hydrogen (secondary N) is 1. The molecule has 1 aromatic carbocycles. The Morgan fingerprint density at radius 1 is 1.25 bits per heavy atom. The molecule has 0 saturated heterocycles. The average Bonchev–Trinajstić information content (AvgIpc) is 2.89. The molecule has 0 fully saturated rings. The van der Waals surface area contributed by atoms with Gasteiger partial charge < -0.3 is 11.1 Å². The summed E-state index contributed by atoms with van der Waals surface area (Å²) in [6.07, 6.45) is 1.17. The van der Waals surface area contributed by atoms with Gasteiger partial charge in [0.05, 0.1) is 4.34 Å². The molecule has 1 heterocycles. The van der Waals surface area contributed by atoms with Crippen LogP contribution in [0.25, 0.3) is 0 Å². The Bertz CT molecular complexity index is 556. The van der Waals surface area contributed by atoms with Crippen molar-refractivity contribution in [1.29, 1.82) is 0 Å². The van der Waals surface area contributed by atoms with Crippen LogP contribution in [-0.4, -0.2) is 12.5 Å². The second kappa shape index (κ2) is 7.43. The quantitative estimate of drug-likeness (QED) is 0.861. The Morgan fingerprint density at radius 3 is 2.65 bits per heavy atom. The summed E-state index contributed by atoms with van der Waals surface area (Å²) in [5, 5.41) is 2.87. The molecule has 0 aliphatic heterocycles. The first-order valence-corrected chi connectivity index (χ1v) is 7.66. The Morgan fingerprint density at radius 2 is 2.00 bits per heavy atom. The van der Waals surface area contributed by atoms with Gasteiger partial charge in [0, 0.05) is 23.9 Å². The lowest BCUT2D eigenvalue weighted by Crippen LogP contribution is -2.31. The van der Waals surface area contributed by atoms with Crippen molar-refractivity contribution in [2.45, 2.75) is 18.9 Å². The van der Waals surface area contributed by atoms with Crippen molar-refractivity contribution in [2.24, 2.45) is 5.73 Å². The van der Waals surface area contributed by atoms with E-state index in [0.29, 0.717) is 19.4 Å². The molecule has 0 radical (unpaired) electrons. The molecule has 2 aromatic rings. The largest absolute Gasteiger partial charge is 0.354 e. The molecule has 0 saturated carbocycles. The molecule has 106 valence electrons. The van der Waals surface area contributed by atoms with Crippen molar-refractivity contribution >= 4 is 28.8 Å². The number of carbonyl (C=O) groups excluding carboxylic acids is 1. The van der Waals surface area contributed by atoms with Crippen LogP contribution in [0.4, 0.5) is 0 Å². The van der Waals surface area contributed by atoms with E-state index in [1.165, 1.54) is 11.3 Å². The maximum Gasteiger partial charge on any atom is 0.220 e. The monoisotopic (exact) mass is 308 g/mol. The van der Waals surface area contributed by atoms with Crippen LogP contribution in [0.3, 0.4) is 0 Å². The average molecular weight is 309 g/mol. The maximum absolute atomic E-state index is 11.8. The van der Waals surface area contributed by atoms with Gasteiger partial charge in [0.2, 0.25) is 5.91 Å². The Hall–Kier alpha value is -1.36. The molecular formula is C15H17ClN2OS. The third-order valence-corrected chi connectivity index (χ3v) is 4.27. The van der Waals surface area contributed by atoms with Crippen molar-refractivity contribution in [1.82, 2.24) is 5.32 Å². The fourth-order valence-electron chi connectivity index (χ4n) is 1.85. The lowest BCUT2D eigenvalue weighted by molar-refractivity contribution is -0.121. The summed E-state index contributed by atoms with van der Waals surface area (Å²) in [6.45, 7) is 0.452. The number of halogens is 1. The first-order valence-electron chi connectivity index (χ1n) is 6.46. The van der Waals surface area contributed by atoms with Gasteiger partial charge in [0.15, 0.2) is 0 Å². The molecular weight excluding hydrogens is 292 g/mol. The van der Waals surface area contributed by atoms with Crippen LogP contribution in [0, 0.1) is 0 Å². The van der Waals surface area contributed by atoms with E-state index in [9.17, 15) is 4.79 Å². The SMILES string of the molecule is NC(CNC(=O)CCc1ccc(Cl)s1)c1ccccc1. The summed E-state index contributed by atoms with van der Waals surface area (Å²) in [7, 11) is 0. The molecule has 0 bridgehead atoms. The number of rotatable bonds is 6. The minimum absolute atomic E-state index is 0.0147. The van der Waals surface area contributed by atoms with Crippen LogP contribution >= 0.6 is 22.9 Å². The molecule has 20 heavy (non-hydrogen) atoms. The highest BCUT2D eigenvalue weighted by atomic mass is 35.5. The van der Waals surface area contributed by atoms with E-state index in [1.54, 1.807) is 0 Å². The van der Waals surface area contributed by atoms with Gasteiger partial charge in [-0.05, 0) is 24.1 Å². The van der Waals surface area contributed by atoms with E-state index in [2.05, 4.69) is 5.32 Å². The first-order chi connectivity index (χ1) is 9.65. The number of amides is 1. The summed E-state index contributed by atoms with van der Waals surface area (Å²) in [6, 6.07) is 13.4. The predicted molar refractivity (Wildman–Crippen MR) is 84.0 cm³/mol. The first kappa shape index (κ1) is 15.0. The Balaban J connectivity index is 1.72. The van der Waals surface area contributed by atoms with Crippen molar-refractivity contribution in [2.75, 3.05) is 6.54 Å². The van der Waals surface area contributed by atoms with Crippen LogP contribution in [-0.2, 0) is 11.2 Å². The third-order valence-electron chi connectivity index (χ3n) is 2.97. The van der Waals surface area contributed by atoms with Gasteiger partial charge >= 0.3 is 0 Å². The Labute approximate surface area is 127 Å². The number of carbonyl (C=O) groups is 1. The molecule has 3 nitrogen and oxygen atoms in total. The molecule has 3 N–H and O–H groups in total. The molecule has 0 aliphatic rings. The molecule has 1 aromatic heterocycles. The number of nitrogens with two attached hydrogens (primary N) is 1. The van der Waals surface area contributed by atoms with Gasteiger partial charge in [-0.1, -0.05) is 41.9 Å². The summed E-state index contributed by atoms with van der Waals surface area (Å²) in [5.74, 6) is 0.0147. The van der Waals surface area contributed by atoms with E-state index in [1.807, 2.05) is 42.5 Å². The fraction of sp³-hybridized carbons (Fsp3) is 0.267. The van der Waals surface area contributed by atoms with Crippen LogP contribution < -0.4 is 11.1 Å². The van der Waals surface area contributed by atoms with Crippen LogP contribution in [0.1, 0.15) is 22.9 Å². The van der Waals surface area contributed by atoms with Gasteiger partial charge in [-0.25, -0.2) is 0 Å². The molecule has 0 spiro atoms. The van der Waals surface area contributed by atoms with E-state index in [4.69, 9.17) is 17.3 Å². The number of benzene rings is 1. The smallest absolute Gasteiger partial charge is 0.220 e. The van der Waals surface area contributed by atoms with E-state index < -0.39 is 0 Å². The highest BCUT2D eigenvalue weighted by Gasteiger charge is 2.08. The highest BCUT2D eigenvalue weighted by molar-refractivity contribution is 7.16. The highest BCUT2D eigenvalue weighted by Crippen LogP contribution is 2.22. The summed E-state index contributed by atoms with van der Waals surface area (Å²) in [5.41, 5.74) is 7.05. The summed E-state index contributed by atoms with van der Waals surface area (Å²) >= 11 is 7.36. The lowest BCUT2D eigenvalue weighted by atomic mass is 10.1. The second-order valence-electron chi connectivity index (χ2n) is 4.53. The van der Waals surface area contributed by atoms with Crippen LogP contribution in [0.5, 0.6) is 0 Å². The molecule has 5 heteroatoms. The molecule has 1 unspecified atom stereocenters. The number of thiophene rings is 1. The minimum Gasteiger partial charge on any atom is -0.354 e. The normalized spacial score (nSPS) is 12.1. The van der Waals surface area contributed by atoms with E-state index >= 15 is 0 Å². The van der Waals surface area contributed by atoms with Crippen molar-refractivity contribution in [3.8, 4) is 0 Å². The van der Waals surface area contributed by atoms with Gasteiger partial charge in [-0.15, -0.1) is 11.3 Å². The number of hydrogen-bond acceptors (Lipinski definition) is 3. The van der Waals surface area contributed by atoms with Gasteiger partial charge in [-0.3, -0.25) is 4.79 Å². The van der Waals surface area contributed by atoms with Gasteiger partial charge in [0.1, 0.15) is 0 Å². The zero-order chi connectivity index (χ0) is 14.4. The zero-order valence-electron chi connectivity index (χ0n) is 11.0. The summed E-state index contributed by atoms with van der Waals surface area (Å²) in [4.78, 5) is 12.9. The van der Waals surface area contributed by atoms with Gasteiger partial charge in [0.25, 0.3) is 0 Å². The Kier molecular flexibility index (Phi) is 5.59. The van der Waals surface area contributed by atoms with Crippen molar-refractivity contribution < 1.29 is 4.79 Å². The van der Waals surface area contributed by atoms with E-state index in [-0.39, 0.29) is 11.9 Å². The maximum atomic E-state index is 11.8. The molecule has 1 atom stereocenters. The summed E-state index contributed by atoms with van der Waals surface area (Å²) < 4.78 is 0.756. The molecule has 1 amide bonds. The van der Waals surface area contributed by atoms with Crippen LogP contribution in [0.2, 0.25) is 4.34 Å². The molecule has 2 rings (SSSR count). The van der Waals surface area contributed by atoms with Crippen molar-refractivity contribution in [3.63, 3.8) is 0 Å². The topological polar surface area (TPSA) is 55.1 Å². The standard InChI is InChI=1S/C15H17ClN2OS/c16-14-8-6-12(20-14)7-9-15(19)18-10-13(17)11-4-2-1-3-5-11/h1-6,8,13H,7,9-10,17H2,(H,18,19). The zero-order valence-corrected chi connectivity index (χ0v) is 12.6. The van der Waals surface area contributed by atoms with Crippen molar-refractivity contribution in [3.05, 3.63) is 57.2 Å². The van der Waals surface area contributed by atoms with Gasteiger partial charge in [-0.2, -0.15) is 0 Å². The minimum atomic E-state index is -0.170. The van der Waals surface area contributed by atoms with E-state index in [0.717, 1.165) is 14.8 Å². The lowest BCUT2D eigenvalue weighted by Gasteiger charge is -2.13. The number of hydrogen-bond donors (Lipinski definition) is 2. The number of aryl methyl sites for hydroxylation is 1. The fourth-order valence-corrected chi connectivity index (χ4v) is 2.94. The third kappa shape index (κ3) is 4.63.